The summed E-state index contributed by atoms with van der Waals surface area (Å²) in [6.45, 7) is 3.58. The third-order valence-corrected chi connectivity index (χ3v) is 6.04. The highest BCUT2D eigenvalue weighted by Crippen LogP contribution is 2.23. The van der Waals surface area contributed by atoms with Crippen molar-refractivity contribution in [1.29, 1.82) is 0 Å². The third kappa shape index (κ3) is 10.2. The van der Waals surface area contributed by atoms with E-state index in [0.29, 0.717) is 13.2 Å². The lowest BCUT2D eigenvalue weighted by Crippen LogP contribution is -1.99. The Bertz CT molecular complexity index is 1290. The molecule has 0 saturated heterocycles. The van der Waals surface area contributed by atoms with Gasteiger partial charge in [-0.1, -0.05) is 43.7 Å². The smallest absolute Gasteiger partial charge is 0.119 e. The van der Waals surface area contributed by atoms with E-state index in [1.165, 1.54) is 5.56 Å². The average Bonchev–Trinajstić information content (AvgIpc) is 2.99. The first-order chi connectivity index (χ1) is 19.3. The number of azo groups is 2. The molecule has 0 saturated carbocycles. The van der Waals surface area contributed by atoms with Crippen molar-refractivity contribution in [3.63, 3.8) is 0 Å². The third-order valence-electron chi connectivity index (χ3n) is 6.04. The van der Waals surface area contributed by atoms with E-state index in [1.807, 2.05) is 91.0 Å². The molecule has 0 aliphatic rings. The van der Waals surface area contributed by atoms with Crippen molar-refractivity contribution in [1.82, 2.24) is 0 Å². The lowest BCUT2D eigenvalue weighted by molar-refractivity contribution is 0.287. The zero-order valence-corrected chi connectivity index (χ0v) is 22.6. The van der Waals surface area contributed by atoms with Crippen molar-refractivity contribution >= 4 is 22.7 Å². The summed E-state index contributed by atoms with van der Waals surface area (Å²) in [5.74, 6) is 1.71. The van der Waals surface area contributed by atoms with Gasteiger partial charge in [0.15, 0.2) is 0 Å². The monoisotopic (exact) mass is 520 g/mol. The summed E-state index contributed by atoms with van der Waals surface area (Å²) >= 11 is 0. The molecule has 0 heterocycles. The molecule has 6 nitrogen and oxygen atoms in total. The molecule has 0 bridgehead atoms. The minimum atomic E-state index is 0.699. The highest BCUT2D eigenvalue weighted by atomic mass is 16.5. The van der Waals surface area contributed by atoms with Crippen molar-refractivity contribution in [3.8, 4) is 11.5 Å². The molecule has 0 aliphatic heterocycles. The van der Waals surface area contributed by atoms with Gasteiger partial charge in [0.25, 0.3) is 0 Å². The molecule has 4 rings (SSSR count). The summed E-state index contributed by atoms with van der Waals surface area (Å²) in [6.07, 6.45) is 6.46. The molecule has 0 spiro atoms. The maximum Gasteiger partial charge on any atom is 0.119 e. The van der Waals surface area contributed by atoms with Gasteiger partial charge in [0.2, 0.25) is 0 Å². The minimum Gasteiger partial charge on any atom is -0.494 e. The van der Waals surface area contributed by atoms with Gasteiger partial charge in [-0.25, -0.2) is 0 Å². The fraction of sp³-hybridized carbons (Fsp3) is 0.273. The van der Waals surface area contributed by atoms with E-state index in [-0.39, 0.29) is 0 Å². The maximum atomic E-state index is 5.87. The van der Waals surface area contributed by atoms with Crippen LogP contribution in [0.4, 0.5) is 22.7 Å². The molecule has 0 unspecified atom stereocenters. The molecular weight excluding hydrogens is 484 g/mol. The van der Waals surface area contributed by atoms with E-state index in [4.69, 9.17) is 9.47 Å². The zero-order valence-electron chi connectivity index (χ0n) is 22.6. The van der Waals surface area contributed by atoms with E-state index in [2.05, 4.69) is 39.5 Å². The predicted octanol–water partition coefficient (Wildman–Crippen LogP) is 10.5. The van der Waals surface area contributed by atoms with Crippen molar-refractivity contribution in [2.75, 3.05) is 13.2 Å². The van der Waals surface area contributed by atoms with Crippen LogP contribution in [0.25, 0.3) is 0 Å². The number of aryl methyl sites for hydroxylation is 1. The number of nitrogens with zero attached hydrogens (tertiary/aromatic N) is 4. The topological polar surface area (TPSA) is 67.9 Å². The van der Waals surface area contributed by atoms with E-state index >= 15 is 0 Å². The Hall–Kier alpha value is -4.32. The summed E-state index contributed by atoms with van der Waals surface area (Å²) in [6, 6.07) is 33.4. The first-order valence-corrected chi connectivity index (χ1v) is 13.7. The largest absolute Gasteiger partial charge is 0.494 e. The Morgan fingerprint density at radius 1 is 0.462 bits per heavy atom. The molecule has 4 aromatic carbocycles. The molecule has 0 atom stereocenters. The molecule has 0 N–H and O–H groups in total. The Morgan fingerprint density at radius 2 is 0.872 bits per heavy atom. The first kappa shape index (κ1) is 27.7. The van der Waals surface area contributed by atoms with Crippen LogP contribution in [-0.4, -0.2) is 13.2 Å². The van der Waals surface area contributed by atoms with Crippen LogP contribution in [0.1, 0.15) is 44.6 Å². The van der Waals surface area contributed by atoms with Crippen LogP contribution < -0.4 is 9.47 Å². The quantitative estimate of drug-likeness (QED) is 0.116. The summed E-state index contributed by atoms with van der Waals surface area (Å²) in [4.78, 5) is 0. The lowest BCUT2D eigenvalue weighted by Gasteiger charge is -2.07. The molecule has 4 aromatic rings. The number of benzene rings is 4. The molecule has 0 aliphatic carbocycles. The van der Waals surface area contributed by atoms with Gasteiger partial charge in [0.05, 0.1) is 36.0 Å². The normalized spacial score (nSPS) is 11.3. The number of hydrogen-bond acceptors (Lipinski definition) is 6. The van der Waals surface area contributed by atoms with Crippen molar-refractivity contribution in [3.05, 3.63) is 109 Å². The summed E-state index contributed by atoms with van der Waals surface area (Å²) in [7, 11) is 0. The van der Waals surface area contributed by atoms with Crippen molar-refractivity contribution in [2.24, 2.45) is 20.5 Å². The molecule has 0 amide bonds. The SMILES string of the molecule is CCCc1ccc(N=Nc2ccc(OCCCCCCOc3ccc(N=Nc4ccccc4)cc3)cc2)cc1. The van der Waals surface area contributed by atoms with Crippen molar-refractivity contribution < 1.29 is 9.47 Å². The summed E-state index contributed by atoms with van der Waals surface area (Å²) < 4.78 is 11.7. The molecule has 39 heavy (non-hydrogen) atoms. The van der Waals surface area contributed by atoms with Crippen LogP contribution in [0.5, 0.6) is 11.5 Å². The molecule has 6 heteroatoms. The Morgan fingerprint density at radius 3 is 1.31 bits per heavy atom. The lowest BCUT2D eigenvalue weighted by atomic mass is 10.1. The number of ether oxygens (including phenoxy) is 2. The van der Waals surface area contributed by atoms with Crippen LogP contribution in [0.15, 0.2) is 124 Å². The summed E-state index contributed by atoms with van der Waals surface area (Å²) in [5, 5.41) is 17.1. The number of unbranched alkanes of at least 4 members (excludes halogenated alkanes) is 3. The standard InChI is InChI=1S/C33H36N4O2/c1-2-10-27-13-15-29(16-14-27)35-37-31-19-23-33(24-20-31)39-26-9-4-3-8-25-38-32-21-17-30(18-22-32)36-34-28-11-6-5-7-12-28/h5-7,11-24H,2-4,8-10,25-26H2,1H3. The Balaban J connectivity index is 1.06. The zero-order chi connectivity index (χ0) is 27.0. The van der Waals surface area contributed by atoms with Gasteiger partial charge in [-0.3, -0.25) is 0 Å². The van der Waals surface area contributed by atoms with Gasteiger partial charge >= 0.3 is 0 Å². The average molecular weight is 521 g/mol. The first-order valence-electron chi connectivity index (χ1n) is 13.7. The van der Waals surface area contributed by atoms with Crippen LogP contribution >= 0.6 is 0 Å². The van der Waals surface area contributed by atoms with E-state index < -0.39 is 0 Å². The number of rotatable bonds is 15. The predicted molar refractivity (Wildman–Crippen MR) is 158 cm³/mol. The minimum absolute atomic E-state index is 0.699. The van der Waals surface area contributed by atoms with Gasteiger partial charge in [-0.2, -0.15) is 20.5 Å². The van der Waals surface area contributed by atoms with Crippen LogP contribution in [0.2, 0.25) is 0 Å². The Kier molecular flexibility index (Phi) is 11.2. The van der Waals surface area contributed by atoms with E-state index in [0.717, 1.165) is 72.8 Å². The van der Waals surface area contributed by atoms with Gasteiger partial charge in [-0.15, -0.1) is 0 Å². The van der Waals surface area contributed by atoms with Gasteiger partial charge in [-0.05, 0) is 110 Å². The van der Waals surface area contributed by atoms with Crippen LogP contribution in [0, 0.1) is 0 Å². The van der Waals surface area contributed by atoms with Gasteiger partial charge in [0.1, 0.15) is 11.5 Å². The van der Waals surface area contributed by atoms with E-state index in [9.17, 15) is 0 Å². The second kappa shape index (κ2) is 15.8. The molecule has 0 aromatic heterocycles. The van der Waals surface area contributed by atoms with E-state index in [1.54, 1.807) is 0 Å². The van der Waals surface area contributed by atoms with Gasteiger partial charge in [0, 0.05) is 0 Å². The molecule has 0 radical (unpaired) electrons. The Labute approximate surface area is 231 Å². The van der Waals surface area contributed by atoms with Crippen molar-refractivity contribution in [2.45, 2.75) is 45.4 Å². The maximum absolute atomic E-state index is 5.87. The fourth-order valence-corrected chi connectivity index (χ4v) is 3.90. The highest BCUT2D eigenvalue weighted by molar-refractivity contribution is 5.44. The fourth-order valence-electron chi connectivity index (χ4n) is 3.90. The second-order valence-corrected chi connectivity index (χ2v) is 9.25. The van der Waals surface area contributed by atoms with Crippen LogP contribution in [0.3, 0.4) is 0 Å². The number of hydrogen-bond donors (Lipinski definition) is 0. The second-order valence-electron chi connectivity index (χ2n) is 9.25. The van der Waals surface area contributed by atoms with Gasteiger partial charge < -0.3 is 9.47 Å². The molecule has 200 valence electrons. The molecule has 0 fully saturated rings. The van der Waals surface area contributed by atoms with Crippen LogP contribution in [-0.2, 0) is 6.42 Å². The highest BCUT2D eigenvalue weighted by Gasteiger charge is 1.99. The molecular formula is C33H36N4O2. The summed E-state index contributed by atoms with van der Waals surface area (Å²) in [5.41, 5.74) is 4.64.